The molecule has 0 aromatic rings. The van der Waals surface area contributed by atoms with Crippen molar-refractivity contribution in [3.05, 3.63) is 0 Å². The summed E-state index contributed by atoms with van der Waals surface area (Å²) in [5.74, 6) is 0. The first-order chi connectivity index (χ1) is 6.70. The molecule has 2 rings (SSSR count). The minimum atomic E-state index is 0.341. The zero-order valence-electron chi connectivity index (χ0n) is 9.47. The Morgan fingerprint density at radius 3 is 2.57 bits per heavy atom. The normalized spacial score (nSPS) is 29.6. The Morgan fingerprint density at radius 2 is 1.93 bits per heavy atom. The van der Waals surface area contributed by atoms with Gasteiger partial charge >= 0.3 is 0 Å². The Kier molecular flexibility index (Phi) is 3.13. The molecular formula is C12H24N2. The number of hydrogen-bond acceptors (Lipinski definition) is 2. The van der Waals surface area contributed by atoms with Gasteiger partial charge in [0.25, 0.3) is 0 Å². The first kappa shape index (κ1) is 10.4. The van der Waals surface area contributed by atoms with Crippen molar-refractivity contribution in [1.29, 1.82) is 0 Å². The van der Waals surface area contributed by atoms with Crippen molar-refractivity contribution in [1.82, 2.24) is 4.90 Å². The molecule has 0 aromatic carbocycles. The van der Waals surface area contributed by atoms with Crippen LogP contribution < -0.4 is 5.73 Å². The van der Waals surface area contributed by atoms with Crippen molar-refractivity contribution in [3.63, 3.8) is 0 Å². The van der Waals surface area contributed by atoms with Gasteiger partial charge in [-0.15, -0.1) is 0 Å². The monoisotopic (exact) mass is 196 g/mol. The fourth-order valence-electron chi connectivity index (χ4n) is 3.30. The summed E-state index contributed by atoms with van der Waals surface area (Å²) in [5, 5.41) is 0. The summed E-state index contributed by atoms with van der Waals surface area (Å²) in [6.07, 6.45) is 8.78. The van der Waals surface area contributed by atoms with E-state index in [1.165, 1.54) is 51.6 Å². The van der Waals surface area contributed by atoms with Gasteiger partial charge in [0.15, 0.2) is 0 Å². The van der Waals surface area contributed by atoms with E-state index in [1.54, 1.807) is 0 Å². The van der Waals surface area contributed by atoms with Crippen LogP contribution in [0.1, 0.15) is 45.4 Å². The molecule has 1 spiro atoms. The van der Waals surface area contributed by atoms with Crippen LogP contribution in [0.3, 0.4) is 0 Å². The van der Waals surface area contributed by atoms with Crippen LogP contribution in [0.2, 0.25) is 0 Å². The molecule has 0 aromatic heterocycles. The fourth-order valence-corrected chi connectivity index (χ4v) is 3.30. The molecule has 14 heavy (non-hydrogen) atoms. The third kappa shape index (κ3) is 2.29. The number of hydrogen-bond donors (Lipinski definition) is 1. The second-order valence-electron chi connectivity index (χ2n) is 5.52. The van der Waals surface area contributed by atoms with E-state index in [0.717, 1.165) is 6.54 Å². The average molecular weight is 196 g/mol. The molecule has 2 N–H and O–H groups in total. The predicted octanol–water partition coefficient (Wildman–Crippen LogP) is 1.99. The molecule has 1 aliphatic heterocycles. The van der Waals surface area contributed by atoms with E-state index in [0.29, 0.717) is 11.5 Å². The smallest absolute Gasteiger partial charge is 0.0139 e. The molecule has 1 heterocycles. The summed E-state index contributed by atoms with van der Waals surface area (Å²) in [6.45, 7) is 5.84. The number of nitrogens with two attached hydrogens (primary N) is 1. The fraction of sp³-hybridized carbons (Fsp3) is 1.00. The first-order valence-corrected chi connectivity index (χ1v) is 6.18. The lowest BCUT2D eigenvalue weighted by molar-refractivity contribution is 0.184. The highest BCUT2D eigenvalue weighted by Gasteiger charge is 2.38. The van der Waals surface area contributed by atoms with Gasteiger partial charge in [-0.3, -0.25) is 0 Å². The topological polar surface area (TPSA) is 29.3 Å². The van der Waals surface area contributed by atoms with Gasteiger partial charge < -0.3 is 10.6 Å². The van der Waals surface area contributed by atoms with Gasteiger partial charge in [0, 0.05) is 19.1 Å². The summed E-state index contributed by atoms with van der Waals surface area (Å²) in [6, 6.07) is 0.341. The second-order valence-corrected chi connectivity index (χ2v) is 5.52. The van der Waals surface area contributed by atoms with Crippen LogP contribution in [-0.4, -0.2) is 30.6 Å². The van der Waals surface area contributed by atoms with E-state index >= 15 is 0 Å². The van der Waals surface area contributed by atoms with Gasteiger partial charge in [0.05, 0.1) is 0 Å². The molecule has 1 aliphatic carbocycles. The van der Waals surface area contributed by atoms with E-state index < -0.39 is 0 Å². The molecular weight excluding hydrogens is 172 g/mol. The predicted molar refractivity (Wildman–Crippen MR) is 60.2 cm³/mol. The zero-order valence-corrected chi connectivity index (χ0v) is 9.47. The van der Waals surface area contributed by atoms with Crippen LogP contribution >= 0.6 is 0 Å². The molecule has 0 bridgehead atoms. The van der Waals surface area contributed by atoms with Crippen molar-refractivity contribution in [2.75, 3.05) is 19.6 Å². The lowest BCUT2D eigenvalue weighted by Gasteiger charge is -2.33. The summed E-state index contributed by atoms with van der Waals surface area (Å²) >= 11 is 0. The molecule has 1 saturated heterocycles. The Bertz CT molecular complexity index is 183. The largest absolute Gasteiger partial charge is 0.327 e. The zero-order chi connectivity index (χ0) is 10.0. The van der Waals surface area contributed by atoms with Gasteiger partial charge in [-0.2, -0.15) is 0 Å². The Balaban J connectivity index is 1.86. The average Bonchev–Trinajstić information content (AvgIpc) is 2.49. The maximum absolute atomic E-state index is 5.85. The lowest BCUT2D eigenvalue weighted by Crippen LogP contribution is -2.36. The highest BCUT2D eigenvalue weighted by molar-refractivity contribution is 4.92. The minimum Gasteiger partial charge on any atom is -0.327 e. The Hall–Kier alpha value is -0.0800. The quantitative estimate of drug-likeness (QED) is 0.732. The van der Waals surface area contributed by atoms with Crippen LogP contribution in [0, 0.1) is 5.41 Å². The first-order valence-electron chi connectivity index (χ1n) is 6.18. The molecule has 0 amide bonds. The minimum absolute atomic E-state index is 0.341. The molecule has 2 heteroatoms. The molecule has 1 atom stereocenters. The van der Waals surface area contributed by atoms with Gasteiger partial charge in [-0.1, -0.05) is 19.3 Å². The molecule has 82 valence electrons. The van der Waals surface area contributed by atoms with E-state index in [2.05, 4.69) is 11.8 Å². The third-order valence-electron chi connectivity index (χ3n) is 3.98. The highest BCUT2D eigenvalue weighted by Crippen LogP contribution is 2.43. The SMILES string of the molecule is C[C@H](N)CN1CCC2(CCCCC2)C1. The molecule has 0 unspecified atom stereocenters. The molecule has 0 radical (unpaired) electrons. The molecule has 1 saturated carbocycles. The maximum Gasteiger partial charge on any atom is 0.0139 e. The van der Waals surface area contributed by atoms with Crippen LogP contribution in [0.4, 0.5) is 0 Å². The summed E-state index contributed by atoms with van der Waals surface area (Å²) in [5.41, 5.74) is 6.55. The number of nitrogens with zero attached hydrogens (tertiary/aromatic N) is 1. The Morgan fingerprint density at radius 1 is 1.21 bits per heavy atom. The van der Waals surface area contributed by atoms with E-state index in [-0.39, 0.29) is 0 Å². The van der Waals surface area contributed by atoms with Crippen LogP contribution in [-0.2, 0) is 0 Å². The maximum atomic E-state index is 5.85. The molecule has 2 aliphatic rings. The lowest BCUT2D eigenvalue weighted by atomic mass is 9.73. The van der Waals surface area contributed by atoms with Crippen molar-refractivity contribution < 1.29 is 0 Å². The van der Waals surface area contributed by atoms with Crippen LogP contribution in [0.5, 0.6) is 0 Å². The molecule has 2 fully saturated rings. The molecule has 2 nitrogen and oxygen atoms in total. The van der Waals surface area contributed by atoms with Crippen molar-refractivity contribution in [2.45, 2.75) is 51.5 Å². The Labute approximate surface area is 87.8 Å². The standard InChI is InChI=1S/C12H24N2/c1-11(13)9-14-8-7-12(10-14)5-3-2-4-6-12/h11H,2-10,13H2,1H3/t11-/m0/s1. The third-order valence-corrected chi connectivity index (χ3v) is 3.98. The summed E-state index contributed by atoms with van der Waals surface area (Å²) in [4.78, 5) is 2.58. The van der Waals surface area contributed by atoms with Crippen molar-refractivity contribution in [2.24, 2.45) is 11.1 Å². The van der Waals surface area contributed by atoms with E-state index in [4.69, 9.17) is 5.73 Å². The van der Waals surface area contributed by atoms with Gasteiger partial charge in [0.2, 0.25) is 0 Å². The van der Waals surface area contributed by atoms with E-state index in [9.17, 15) is 0 Å². The summed E-state index contributed by atoms with van der Waals surface area (Å²) < 4.78 is 0. The van der Waals surface area contributed by atoms with Gasteiger partial charge in [-0.05, 0) is 38.1 Å². The number of rotatable bonds is 2. The van der Waals surface area contributed by atoms with Crippen molar-refractivity contribution >= 4 is 0 Å². The van der Waals surface area contributed by atoms with Gasteiger partial charge in [0.1, 0.15) is 0 Å². The summed E-state index contributed by atoms with van der Waals surface area (Å²) in [7, 11) is 0. The second kappa shape index (κ2) is 4.19. The van der Waals surface area contributed by atoms with Crippen LogP contribution in [0.15, 0.2) is 0 Å². The number of likely N-dealkylation sites (tertiary alicyclic amines) is 1. The van der Waals surface area contributed by atoms with E-state index in [1.807, 2.05) is 0 Å². The highest BCUT2D eigenvalue weighted by atomic mass is 15.2. The van der Waals surface area contributed by atoms with Crippen molar-refractivity contribution in [3.8, 4) is 0 Å². The van der Waals surface area contributed by atoms with Gasteiger partial charge in [-0.25, -0.2) is 0 Å². The van der Waals surface area contributed by atoms with Crippen LogP contribution in [0.25, 0.3) is 0 Å².